The topological polar surface area (TPSA) is 41.9 Å². The Hall–Kier alpha value is -1.26. The summed E-state index contributed by atoms with van der Waals surface area (Å²) in [6, 6.07) is 5.66. The van der Waals surface area contributed by atoms with Gasteiger partial charge in [0.25, 0.3) is 0 Å². The third-order valence-electron chi connectivity index (χ3n) is 3.54. The van der Waals surface area contributed by atoms with Crippen LogP contribution in [0.3, 0.4) is 0 Å². The fraction of sp³-hybridized carbons (Fsp3) is 0.600. The molecule has 0 radical (unpaired) electrons. The number of ether oxygens (including phenoxy) is 2. The number of aliphatic hydroxyl groups excluding tert-OH is 1. The number of piperidine rings is 1. The van der Waals surface area contributed by atoms with E-state index >= 15 is 0 Å². The van der Waals surface area contributed by atoms with Gasteiger partial charge in [0.15, 0.2) is 11.5 Å². The molecule has 0 aliphatic carbocycles. The van der Waals surface area contributed by atoms with Crippen molar-refractivity contribution < 1.29 is 14.6 Å². The highest BCUT2D eigenvalue weighted by Gasteiger charge is 2.21. The molecular weight excluding hydrogens is 242 g/mol. The van der Waals surface area contributed by atoms with E-state index in [2.05, 4.69) is 11.9 Å². The van der Waals surface area contributed by atoms with Gasteiger partial charge < -0.3 is 19.5 Å². The first-order valence-electron chi connectivity index (χ1n) is 6.82. The zero-order valence-electron chi connectivity index (χ0n) is 11.9. The van der Waals surface area contributed by atoms with Crippen molar-refractivity contribution in [3.63, 3.8) is 0 Å². The molecule has 0 aromatic heterocycles. The summed E-state index contributed by atoms with van der Waals surface area (Å²) in [6.07, 6.45) is 1.84. The lowest BCUT2D eigenvalue weighted by molar-refractivity contribution is 0.100. The van der Waals surface area contributed by atoms with E-state index in [1.54, 1.807) is 14.0 Å². The van der Waals surface area contributed by atoms with Crippen LogP contribution in [0.4, 0.5) is 0 Å². The number of benzene rings is 1. The second-order valence-corrected chi connectivity index (χ2v) is 5.20. The van der Waals surface area contributed by atoms with E-state index in [0.29, 0.717) is 5.75 Å². The van der Waals surface area contributed by atoms with Gasteiger partial charge in [0.1, 0.15) is 6.10 Å². The highest BCUT2D eigenvalue weighted by atomic mass is 16.5. The maximum atomic E-state index is 9.76. The van der Waals surface area contributed by atoms with Crippen LogP contribution in [-0.2, 0) is 0 Å². The van der Waals surface area contributed by atoms with Crippen molar-refractivity contribution in [3.05, 3.63) is 23.8 Å². The van der Waals surface area contributed by atoms with Gasteiger partial charge in [-0.25, -0.2) is 0 Å². The molecular formula is C15H23NO3. The van der Waals surface area contributed by atoms with Gasteiger partial charge >= 0.3 is 0 Å². The zero-order valence-corrected chi connectivity index (χ0v) is 11.9. The van der Waals surface area contributed by atoms with Crippen LogP contribution < -0.4 is 9.47 Å². The van der Waals surface area contributed by atoms with Crippen LogP contribution in [0.2, 0.25) is 0 Å². The Morgan fingerprint density at radius 3 is 2.84 bits per heavy atom. The number of likely N-dealkylation sites (tertiary alicyclic amines) is 1. The van der Waals surface area contributed by atoms with E-state index in [9.17, 15) is 5.11 Å². The quantitative estimate of drug-likeness (QED) is 0.906. The SMILES string of the molecule is COc1c(OC2CCCN(C)C2)cccc1C(C)O. The van der Waals surface area contributed by atoms with Crippen LogP contribution in [0.1, 0.15) is 31.4 Å². The predicted octanol–water partition coefficient (Wildman–Crippen LogP) is 2.22. The average Bonchev–Trinajstić information content (AvgIpc) is 2.38. The minimum Gasteiger partial charge on any atom is -0.492 e. The predicted molar refractivity (Wildman–Crippen MR) is 74.8 cm³/mol. The molecule has 0 bridgehead atoms. The third kappa shape index (κ3) is 3.39. The van der Waals surface area contributed by atoms with Gasteiger partial charge in [-0.05, 0) is 39.4 Å². The highest BCUT2D eigenvalue weighted by Crippen LogP contribution is 2.35. The molecule has 106 valence electrons. The largest absolute Gasteiger partial charge is 0.492 e. The van der Waals surface area contributed by atoms with E-state index < -0.39 is 6.10 Å². The molecule has 2 rings (SSSR count). The van der Waals surface area contributed by atoms with E-state index in [4.69, 9.17) is 9.47 Å². The van der Waals surface area contributed by atoms with E-state index in [1.165, 1.54) is 0 Å². The molecule has 1 saturated heterocycles. The Balaban J connectivity index is 2.17. The van der Waals surface area contributed by atoms with Crippen molar-refractivity contribution in [3.8, 4) is 11.5 Å². The standard InChI is InChI=1S/C15H23NO3/c1-11(17)13-7-4-8-14(15(13)18-3)19-12-6-5-9-16(2)10-12/h4,7-8,11-12,17H,5-6,9-10H2,1-3H3. The molecule has 1 fully saturated rings. The van der Waals surface area contributed by atoms with Crippen molar-refractivity contribution in [2.75, 3.05) is 27.2 Å². The zero-order chi connectivity index (χ0) is 13.8. The Kier molecular flexibility index (Phi) is 4.66. The highest BCUT2D eigenvalue weighted by molar-refractivity contribution is 5.47. The average molecular weight is 265 g/mol. The smallest absolute Gasteiger partial charge is 0.166 e. The van der Waals surface area contributed by atoms with Gasteiger partial charge in [-0.2, -0.15) is 0 Å². The minimum atomic E-state index is -0.562. The molecule has 1 aliphatic heterocycles. The molecule has 1 heterocycles. The number of methoxy groups -OCH3 is 1. The van der Waals surface area contributed by atoms with Crippen LogP contribution in [0.15, 0.2) is 18.2 Å². The molecule has 19 heavy (non-hydrogen) atoms. The van der Waals surface area contributed by atoms with Crippen LogP contribution in [0.5, 0.6) is 11.5 Å². The fourth-order valence-corrected chi connectivity index (χ4v) is 2.57. The Labute approximate surface area is 114 Å². The van der Waals surface area contributed by atoms with E-state index in [0.717, 1.165) is 37.2 Å². The molecule has 1 aliphatic rings. The summed E-state index contributed by atoms with van der Waals surface area (Å²) < 4.78 is 11.5. The summed E-state index contributed by atoms with van der Waals surface area (Å²) in [4.78, 5) is 2.28. The number of para-hydroxylation sites is 1. The molecule has 0 spiro atoms. The molecule has 2 atom stereocenters. The van der Waals surface area contributed by atoms with Crippen molar-refractivity contribution in [2.24, 2.45) is 0 Å². The first-order valence-corrected chi connectivity index (χ1v) is 6.82. The fourth-order valence-electron chi connectivity index (χ4n) is 2.57. The summed E-state index contributed by atoms with van der Waals surface area (Å²) >= 11 is 0. The van der Waals surface area contributed by atoms with Crippen LogP contribution >= 0.6 is 0 Å². The molecule has 4 heteroatoms. The summed E-state index contributed by atoms with van der Waals surface area (Å²) in [6.45, 7) is 3.79. The first-order chi connectivity index (χ1) is 9.11. The third-order valence-corrected chi connectivity index (χ3v) is 3.54. The molecule has 2 unspecified atom stereocenters. The number of rotatable bonds is 4. The second-order valence-electron chi connectivity index (χ2n) is 5.20. The van der Waals surface area contributed by atoms with Gasteiger partial charge in [0.05, 0.1) is 13.2 Å². The lowest BCUT2D eigenvalue weighted by atomic mass is 10.1. The lowest BCUT2D eigenvalue weighted by Gasteiger charge is -2.30. The second kappa shape index (κ2) is 6.26. The number of aliphatic hydroxyl groups is 1. The molecule has 1 N–H and O–H groups in total. The van der Waals surface area contributed by atoms with Gasteiger partial charge in [0.2, 0.25) is 0 Å². The van der Waals surface area contributed by atoms with E-state index in [-0.39, 0.29) is 6.10 Å². The van der Waals surface area contributed by atoms with Gasteiger partial charge in [-0.1, -0.05) is 12.1 Å². The minimum absolute atomic E-state index is 0.192. The van der Waals surface area contributed by atoms with Crippen LogP contribution in [-0.4, -0.2) is 43.4 Å². The maximum Gasteiger partial charge on any atom is 0.166 e. The molecule has 0 amide bonds. The Bertz CT molecular complexity index is 420. The van der Waals surface area contributed by atoms with Gasteiger partial charge in [0, 0.05) is 12.1 Å². The Morgan fingerprint density at radius 2 is 2.21 bits per heavy atom. The summed E-state index contributed by atoms with van der Waals surface area (Å²) in [7, 11) is 3.72. The van der Waals surface area contributed by atoms with Crippen molar-refractivity contribution in [2.45, 2.75) is 32.0 Å². The van der Waals surface area contributed by atoms with Crippen molar-refractivity contribution in [1.82, 2.24) is 4.90 Å². The first kappa shape index (κ1) is 14.2. The monoisotopic (exact) mass is 265 g/mol. The number of hydrogen-bond acceptors (Lipinski definition) is 4. The van der Waals surface area contributed by atoms with Gasteiger partial charge in [-0.3, -0.25) is 0 Å². The molecule has 0 saturated carbocycles. The van der Waals surface area contributed by atoms with Crippen molar-refractivity contribution in [1.29, 1.82) is 0 Å². The van der Waals surface area contributed by atoms with Gasteiger partial charge in [-0.15, -0.1) is 0 Å². The number of nitrogens with zero attached hydrogens (tertiary/aromatic N) is 1. The summed E-state index contributed by atoms with van der Waals surface area (Å²) in [5.41, 5.74) is 0.768. The number of likely N-dealkylation sites (N-methyl/N-ethyl adjacent to an activating group) is 1. The van der Waals surface area contributed by atoms with E-state index in [1.807, 2.05) is 18.2 Å². The Morgan fingerprint density at radius 1 is 1.42 bits per heavy atom. The molecule has 1 aromatic rings. The molecule has 4 nitrogen and oxygen atoms in total. The lowest BCUT2D eigenvalue weighted by Crippen LogP contribution is -2.38. The van der Waals surface area contributed by atoms with Crippen molar-refractivity contribution >= 4 is 0 Å². The normalized spacial score (nSPS) is 22.0. The maximum absolute atomic E-state index is 9.76. The number of hydrogen-bond donors (Lipinski definition) is 1. The summed E-state index contributed by atoms with van der Waals surface area (Å²) in [5.74, 6) is 1.37. The summed E-state index contributed by atoms with van der Waals surface area (Å²) in [5, 5.41) is 9.76. The van der Waals surface area contributed by atoms with Crippen LogP contribution in [0, 0.1) is 0 Å². The van der Waals surface area contributed by atoms with Crippen LogP contribution in [0.25, 0.3) is 0 Å². The molecule has 1 aromatic carbocycles.